The van der Waals surface area contributed by atoms with Gasteiger partial charge >= 0.3 is 12.2 Å². The van der Waals surface area contributed by atoms with E-state index in [2.05, 4.69) is 5.32 Å². The summed E-state index contributed by atoms with van der Waals surface area (Å²) in [7, 11) is -4.12. The normalized spacial score (nSPS) is 17.8. The van der Waals surface area contributed by atoms with Crippen LogP contribution in [0.3, 0.4) is 0 Å². The fourth-order valence-corrected chi connectivity index (χ4v) is 5.27. The van der Waals surface area contributed by atoms with E-state index in [4.69, 9.17) is 9.47 Å². The van der Waals surface area contributed by atoms with E-state index in [1.54, 1.807) is 12.1 Å². The lowest BCUT2D eigenvalue weighted by molar-refractivity contribution is -0.137. The number of rotatable bonds is 4. The number of sulfonamides is 1. The topological polar surface area (TPSA) is 88.2 Å². The van der Waals surface area contributed by atoms with Gasteiger partial charge in [0.05, 0.1) is 16.5 Å². The molecule has 1 fully saturated rings. The van der Waals surface area contributed by atoms with Crippen molar-refractivity contribution in [2.45, 2.75) is 24.0 Å². The zero-order valence-electron chi connectivity index (χ0n) is 18.3. The number of carbonyl (C=O) groups excluding carboxylic acids is 1. The standard InChI is InChI=1S/C22H24F3N3O5S/c1-15(16-5-6-19-20(13-16)33-12-11-32-19)26-21(29)27-7-9-28(10-8-27)34(30,31)18-4-2-3-17(14-18)22(23,24)25/h2-6,13-15H,7-12H2,1H3,(H,26,29). The molecule has 1 atom stereocenters. The number of alkyl halides is 3. The monoisotopic (exact) mass is 499 g/mol. The van der Waals surface area contributed by atoms with E-state index < -0.39 is 26.7 Å². The van der Waals surface area contributed by atoms with Crippen LogP contribution in [0.15, 0.2) is 47.4 Å². The van der Waals surface area contributed by atoms with Gasteiger partial charge in [-0.15, -0.1) is 0 Å². The molecule has 8 nitrogen and oxygen atoms in total. The fraction of sp³-hybridized carbons (Fsp3) is 0.409. The number of benzene rings is 2. The van der Waals surface area contributed by atoms with Gasteiger partial charge < -0.3 is 19.7 Å². The summed E-state index contributed by atoms with van der Waals surface area (Å²) in [5.41, 5.74) is -0.205. The first-order valence-corrected chi connectivity index (χ1v) is 12.1. The molecule has 1 N–H and O–H groups in total. The van der Waals surface area contributed by atoms with Crippen molar-refractivity contribution in [2.24, 2.45) is 0 Å². The molecule has 184 valence electrons. The van der Waals surface area contributed by atoms with Gasteiger partial charge in [0, 0.05) is 26.2 Å². The molecule has 2 heterocycles. The van der Waals surface area contributed by atoms with Gasteiger partial charge in [0.2, 0.25) is 10.0 Å². The molecule has 2 aliphatic rings. The second-order valence-corrected chi connectivity index (χ2v) is 9.93. The smallest absolute Gasteiger partial charge is 0.416 e. The summed E-state index contributed by atoms with van der Waals surface area (Å²) in [4.78, 5) is 13.8. The SMILES string of the molecule is CC(NC(=O)N1CCN(S(=O)(=O)c2cccc(C(F)(F)F)c2)CC1)c1ccc2c(c1)OCCO2. The Hall–Kier alpha value is -2.99. The average molecular weight is 500 g/mol. The quantitative estimate of drug-likeness (QED) is 0.698. The van der Waals surface area contributed by atoms with Crippen LogP contribution in [-0.4, -0.2) is 63.0 Å². The van der Waals surface area contributed by atoms with Gasteiger partial charge in [0.25, 0.3) is 0 Å². The zero-order valence-corrected chi connectivity index (χ0v) is 19.2. The number of piperazine rings is 1. The highest BCUT2D eigenvalue weighted by Crippen LogP contribution is 2.33. The van der Waals surface area contributed by atoms with Crippen LogP contribution in [0.4, 0.5) is 18.0 Å². The molecule has 2 amide bonds. The van der Waals surface area contributed by atoms with Crippen LogP contribution in [0.1, 0.15) is 24.1 Å². The average Bonchev–Trinajstić information content (AvgIpc) is 2.83. The van der Waals surface area contributed by atoms with Crippen LogP contribution in [0.2, 0.25) is 0 Å². The highest BCUT2D eigenvalue weighted by molar-refractivity contribution is 7.89. The summed E-state index contributed by atoms with van der Waals surface area (Å²) in [5, 5.41) is 2.88. The lowest BCUT2D eigenvalue weighted by Crippen LogP contribution is -2.53. The Bertz CT molecular complexity index is 1160. The second kappa shape index (κ2) is 9.34. The Morgan fingerprint density at radius 1 is 1.00 bits per heavy atom. The van der Waals surface area contributed by atoms with E-state index in [1.807, 2.05) is 13.0 Å². The van der Waals surface area contributed by atoms with Gasteiger partial charge in [-0.25, -0.2) is 13.2 Å². The molecule has 0 bridgehead atoms. The summed E-state index contributed by atoms with van der Waals surface area (Å²) in [6.07, 6.45) is -4.64. The first-order chi connectivity index (χ1) is 16.1. The van der Waals surface area contributed by atoms with Crippen molar-refractivity contribution in [1.29, 1.82) is 0 Å². The number of fused-ring (bicyclic) bond motifs is 1. The number of nitrogens with one attached hydrogen (secondary N) is 1. The van der Waals surface area contributed by atoms with E-state index in [-0.39, 0.29) is 38.3 Å². The van der Waals surface area contributed by atoms with Crippen molar-refractivity contribution >= 4 is 16.1 Å². The number of hydrogen-bond donors (Lipinski definition) is 1. The lowest BCUT2D eigenvalue weighted by Gasteiger charge is -2.34. The van der Waals surface area contributed by atoms with Gasteiger partial charge in [-0.3, -0.25) is 0 Å². The molecular weight excluding hydrogens is 475 g/mol. The predicted molar refractivity (Wildman–Crippen MR) is 116 cm³/mol. The molecule has 2 aliphatic heterocycles. The maximum atomic E-state index is 13.0. The Kier molecular flexibility index (Phi) is 6.63. The van der Waals surface area contributed by atoms with Gasteiger partial charge in [0.1, 0.15) is 13.2 Å². The first kappa shape index (κ1) is 24.1. The van der Waals surface area contributed by atoms with Crippen molar-refractivity contribution in [2.75, 3.05) is 39.4 Å². The number of carbonyl (C=O) groups is 1. The second-order valence-electron chi connectivity index (χ2n) is 7.99. The van der Waals surface area contributed by atoms with Crippen LogP contribution >= 0.6 is 0 Å². The first-order valence-electron chi connectivity index (χ1n) is 10.7. The molecule has 12 heteroatoms. The highest BCUT2D eigenvalue weighted by Gasteiger charge is 2.34. The molecule has 2 aromatic rings. The molecule has 1 saturated heterocycles. The molecule has 34 heavy (non-hydrogen) atoms. The van der Waals surface area contributed by atoms with Crippen LogP contribution in [0, 0.1) is 0 Å². The molecule has 2 aromatic carbocycles. The Morgan fingerprint density at radius 3 is 2.35 bits per heavy atom. The van der Waals surface area contributed by atoms with E-state index in [0.29, 0.717) is 30.8 Å². The number of halogens is 3. The largest absolute Gasteiger partial charge is 0.486 e. The Balaban J connectivity index is 1.36. The molecule has 0 aromatic heterocycles. The van der Waals surface area contributed by atoms with Crippen LogP contribution in [0.5, 0.6) is 11.5 Å². The van der Waals surface area contributed by atoms with E-state index in [9.17, 15) is 26.4 Å². The maximum Gasteiger partial charge on any atom is 0.416 e. The summed E-state index contributed by atoms with van der Waals surface area (Å²) >= 11 is 0. The van der Waals surface area contributed by atoms with Crippen molar-refractivity contribution in [3.05, 3.63) is 53.6 Å². The van der Waals surface area contributed by atoms with Crippen molar-refractivity contribution in [1.82, 2.24) is 14.5 Å². The minimum Gasteiger partial charge on any atom is -0.486 e. The molecule has 0 aliphatic carbocycles. The summed E-state index contributed by atoms with van der Waals surface area (Å²) < 4.78 is 76.8. The minimum absolute atomic E-state index is 0.0234. The third-order valence-corrected chi connectivity index (χ3v) is 7.63. The van der Waals surface area contributed by atoms with E-state index in [1.165, 1.54) is 4.90 Å². The third-order valence-electron chi connectivity index (χ3n) is 5.73. The molecular formula is C22H24F3N3O5S. The van der Waals surface area contributed by atoms with Gasteiger partial charge in [-0.2, -0.15) is 17.5 Å². The minimum atomic E-state index is -4.64. The third kappa shape index (κ3) is 5.07. The van der Waals surface area contributed by atoms with Crippen LogP contribution in [-0.2, 0) is 16.2 Å². The molecule has 0 saturated carbocycles. The molecule has 0 spiro atoms. The maximum absolute atomic E-state index is 13.0. The summed E-state index contributed by atoms with van der Waals surface area (Å²) in [6.45, 7) is 2.92. The zero-order chi connectivity index (χ0) is 24.5. The van der Waals surface area contributed by atoms with Crippen LogP contribution in [0.25, 0.3) is 0 Å². The van der Waals surface area contributed by atoms with Crippen molar-refractivity contribution in [3.8, 4) is 11.5 Å². The lowest BCUT2D eigenvalue weighted by atomic mass is 10.1. The predicted octanol–water partition coefficient (Wildman–Crippen LogP) is 3.25. The van der Waals surface area contributed by atoms with Gasteiger partial charge in [-0.05, 0) is 42.8 Å². The Morgan fingerprint density at radius 2 is 1.68 bits per heavy atom. The number of amides is 2. The van der Waals surface area contributed by atoms with Crippen LogP contribution < -0.4 is 14.8 Å². The van der Waals surface area contributed by atoms with E-state index in [0.717, 1.165) is 28.1 Å². The van der Waals surface area contributed by atoms with Gasteiger partial charge in [0.15, 0.2) is 11.5 Å². The fourth-order valence-electron chi connectivity index (χ4n) is 3.80. The van der Waals surface area contributed by atoms with E-state index >= 15 is 0 Å². The highest BCUT2D eigenvalue weighted by atomic mass is 32.2. The summed E-state index contributed by atoms with van der Waals surface area (Å²) in [5.74, 6) is 1.25. The Labute approximate surface area is 195 Å². The van der Waals surface area contributed by atoms with Crippen molar-refractivity contribution < 1.29 is 35.9 Å². The number of ether oxygens (including phenoxy) is 2. The molecule has 0 radical (unpaired) electrons. The number of hydrogen-bond acceptors (Lipinski definition) is 5. The van der Waals surface area contributed by atoms with Crippen molar-refractivity contribution in [3.63, 3.8) is 0 Å². The summed E-state index contributed by atoms with van der Waals surface area (Å²) in [6, 6.07) is 8.38. The molecule has 4 rings (SSSR count). The number of urea groups is 1. The molecule has 1 unspecified atom stereocenters. The van der Waals surface area contributed by atoms with Gasteiger partial charge in [-0.1, -0.05) is 12.1 Å². The number of nitrogens with zero attached hydrogens (tertiary/aromatic N) is 2.